The van der Waals surface area contributed by atoms with Crippen molar-refractivity contribution in [2.45, 2.75) is 12.6 Å². The summed E-state index contributed by atoms with van der Waals surface area (Å²) in [5.41, 5.74) is -0.959. The number of allylic oxidation sites excluding steroid dienone is 4. The highest BCUT2D eigenvalue weighted by molar-refractivity contribution is 14.1. The van der Waals surface area contributed by atoms with E-state index in [1.54, 1.807) is 22.6 Å². The third kappa shape index (κ3) is 2.46. The average molecular weight is 322 g/mol. The fraction of sp³-hybridized carbons (Fsp3) is 0.286. The standard InChI is InChI=1S/C7H3ClF3IO/c8-4-2-5(12)6(13)1-3(4)7(9,10)11/h2H,1H2. The lowest BCUT2D eigenvalue weighted by atomic mass is 10.0. The van der Waals surface area contributed by atoms with Gasteiger partial charge >= 0.3 is 6.18 Å². The molecule has 0 aromatic rings. The summed E-state index contributed by atoms with van der Waals surface area (Å²) in [5.74, 6) is -0.544. The Kier molecular flexibility index (Phi) is 3.06. The summed E-state index contributed by atoms with van der Waals surface area (Å²) in [5, 5.41) is -0.392. The molecule has 0 heterocycles. The van der Waals surface area contributed by atoms with Crippen LogP contribution in [0.1, 0.15) is 6.42 Å². The molecule has 0 aromatic carbocycles. The van der Waals surface area contributed by atoms with Crippen LogP contribution in [0.15, 0.2) is 20.3 Å². The van der Waals surface area contributed by atoms with E-state index in [0.717, 1.165) is 6.08 Å². The minimum absolute atomic E-state index is 0.232. The fourth-order valence-electron chi connectivity index (χ4n) is 0.844. The smallest absolute Gasteiger partial charge is 0.293 e. The van der Waals surface area contributed by atoms with Crippen molar-refractivity contribution in [3.63, 3.8) is 0 Å². The molecule has 0 N–H and O–H groups in total. The summed E-state index contributed by atoms with van der Waals surface area (Å²) in [7, 11) is 0. The molecule has 13 heavy (non-hydrogen) atoms. The normalized spacial score (nSPS) is 19.2. The van der Waals surface area contributed by atoms with Crippen LogP contribution in [0.3, 0.4) is 0 Å². The molecule has 1 rings (SSSR count). The van der Waals surface area contributed by atoms with E-state index in [4.69, 9.17) is 11.6 Å². The van der Waals surface area contributed by atoms with Crippen LogP contribution in [-0.2, 0) is 4.79 Å². The summed E-state index contributed by atoms with van der Waals surface area (Å²) in [4.78, 5) is 10.9. The van der Waals surface area contributed by atoms with Crippen LogP contribution in [0.25, 0.3) is 0 Å². The maximum absolute atomic E-state index is 12.2. The van der Waals surface area contributed by atoms with E-state index in [0.29, 0.717) is 0 Å². The molecule has 1 aliphatic carbocycles. The molecule has 0 fully saturated rings. The van der Waals surface area contributed by atoms with Gasteiger partial charge in [0, 0.05) is 6.42 Å². The highest BCUT2D eigenvalue weighted by Crippen LogP contribution is 2.37. The van der Waals surface area contributed by atoms with E-state index in [2.05, 4.69) is 0 Å². The summed E-state index contributed by atoms with van der Waals surface area (Å²) in [6.45, 7) is 0. The van der Waals surface area contributed by atoms with Gasteiger partial charge in [-0.25, -0.2) is 0 Å². The van der Waals surface area contributed by atoms with E-state index in [9.17, 15) is 18.0 Å². The Morgan fingerprint density at radius 1 is 1.46 bits per heavy atom. The number of halogens is 5. The van der Waals surface area contributed by atoms with Crippen LogP contribution in [0.2, 0.25) is 0 Å². The minimum atomic E-state index is -4.51. The first-order valence-electron chi connectivity index (χ1n) is 3.18. The SMILES string of the molecule is O=C1CC(C(F)(F)F)=C(Cl)C=C1I. The Bertz CT molecular complexity index is 316. The number of ketones is 1. The molecule has 1 aliphatic rings. The molecule has 0 saturated heterocycles. The van der Waals surface area contributed by atoms with Crippen molar-refractivity contribution in [3.05, 3.63) is 20.3 Å². The fourth-order valence-corrected chi connectivity index (χ4v) is 1.81. The predicted molar refractivity (Wildman–Crippen MR) is 50.7 cm³/mol. The molecule has 0 atom stereocenters. The van der Waals surface area contributed by atoms with Crippen LogP contribution in [0.4, 0.5) is 13.2 Å². The van der Waals surface area contributed by atoms with Gasteiger partial charge in [-0.15, -0.1) is 0 Å². The Morgan fingerprint density at radius 2 is 2.00 bits per heavy atom. The van der Waals surface area contributed by atoms with E-state index >= 15 is 0 Å². The molecule has 1 nitrogen and oxygen atoms in total. The zero-order valence-electron chi connectivity index (χ0n) is 6.08. The second-order valence-electron chi connectivity index (χ2n) is 2.42. The third-order valence-corrected chi connectivity index (χ3v) is 2.74. The van der Waals surface area contributed by atoms with Crippen LogP contribution in [-0.4, -0.2) is 12.0 Å². The van der Waals surface area contributed by atoms with E-state index in [1.807, 2.05) is 0 Å². The van der Waals surface area contributed by atoms with Crippen molar-refractivity contribution in [3.8, 4) is 0 Å². The second kappa shape index (κ2) is 3.61. The van der Waals surface area contributed by atoms with Crippen LogP contribution >= 0.6 is 34.2 Å². The highest BCUT2D eigenvalue weighted by Gasteiger charge is 2.38. The largest absolute Gasteiger partial charge is 0.414 e. The van der Waals surface area contributed by atoms with Crippen molar-refractivity contribution in [1.29, 1.82) is 0 Å². The predicted octanol–water partition coefficient (Wildman–Crippen LogP) is 3.33. The number of rotatable bonds is 0. The van der Waals surface area contributed by atoms with Gasteiger partial charge in [-0.05, 0) is 28.7 Å². The Hall–Kier alpha value is -0.0400. The van der Waals surface area contributed by atoms with E-state index < -0.39 is 29.0 Å². The Morgan fingerprint density at radius 3 is 2.46 bits per heavy atom. The van der Waals surface area contributed by atoms with Gasteiger partial charge in [-0.1, -0.05) is 11.6 Å². The quantitative estimate of drug-likeness (QED) is 0.625. The first-order chi connectivity index (χ1) is 5.82. The number of alkyl halides is 3. The summed E-state index contributed by atoms with van der Waals surface area (Å²) in [6, 6.07) is 0. The van der Waals surface area contributed by atoms with Gasteiger partial charge in [-0.3, -0.25) is 4.79 Å². The number of hydrogen-bond donors (Lipinski definition) is 0. The molecular weight excluding hydrogens is 319 g/mol. The maximum atomic E-state index is 12.2. The third-order valence-electron chi connectivity index (χ3n) is 1.49. The monoisotopic (exact) mass is 322 g/mol. The van der Waals surface area contributed by atoms with E-state index in [1.165, 1.54) is 0 Å². The molecule has 72 valence electrons. The molecule has 0 saturated carbocycles. The molecule has 0 aromatic heterocycles. The molecule has 0 amide bonds. The van der Waals surface area contributed by atoms with Gasteiger partial charge < -0.3 is 0 Å². The minimum Gasteiger partial charge on any atom is -0.293 e. The molecule has 0 spiro atoms. The summed E-state index contributed by atoms with van der Waals surface area (Å²) in [6.07, 6.45) is -4.13. The number of carbonyl (C=O) groups is 1. The average Bonchev–Trinajstić information content (AvgIpc) is 1.94. The maximum Gasteiger partial charge on any atom is 0.414 e. The second-order valence-corrected chi connectivity index (χ2v) is 3.99. The lowest BCUT2D eigenvalue weighted by molar-refractivity contribution is -0.119. The first-order valence-corrected chi connectivity index (χ1v) is 4.64. The molecule has 0 radical (unpaired) electrons. The van der Waals surface area contributed by atoms with Crippen molar-refractivity contribution in [1.82, 2.24) is 0 Å². The Labute approximate surface area is 90.8 Å². The first kappa shape index (κ1) is 11.0. The zero-order valence-corrected chi connectivity index (χ0v) is 9.00. The topological polar surface area (TPSA) is 17.1 Å². The van der Waals surface area contributed by atoms with Gasteiger partial charge in [-0.2, -0.15) is 13.2 Å². The Balaban J connectivity index is 3.12. The van der Waals surface area contributed by atoms with Gasteiger partial charge in [0.15, 0.2) is 5.78 Å². The molecule has 0 unspecified atom stereocenters. The number of carbonyl (C=O) groups excluding carboxylic acids is 1. The van der Waals surface area contributed by atoms with Gasteiger partial charge in [0.25, 0.3) is 0 Å². The molecule has 0 aliphatic heterocycles. The van der Waals surface area contributed by atoms with Crippen LogP contribution in [0.5, 0.6) is 0 Å². The highest BCUT2D eigenvalue weighted by atomic mass is 127. The van der Waals surface area contributed by atoms with Crippen molar-refractivity contribution < 1.29 is 18.0 Å². The zero-order chi connectivity index (χ0) is 10.2. The summed E-state index contributed by atoms with van der Waals surface area (Å²) >= 11 is 7.02. The van der Waals surface area contributed by atoms with Gasteiger partial charge in [0.1, 0.15) is 0 Å². The molecular formula is C7H3ClF3IO. The number of hydrogen-bond acceptors (Lipinski definition) is 1. The van der Waals surface area contributed by atoms with Crippen LogP contribution < -0.4 is 0 Å². The number of Topliss-reactive ketones (excluding diaryl/α,β-unsaturated/α-hetero) is 1. The van der Waals surface area contributed by atoms with Gasteiger partial charge in [0.05, 0.1) is 14.2 Å². The van der Waals surface area contributed by atoms with Crippen molar-refractivity contribution in [2.75, 3.05) is 0 Å². The van der Waals surface area contributed by atoms with Crippen LogP contribution in [0, 0.1) is 0 Å². The summed E-state index contributed by atoms with van der Waals surface area (Å²) < 4.78 is 36.7. The molecule has 6 heteroatoms. The lowest BCUT2D eigenvalue weighted by Gasteiger charge is -2.15. The lowest BCUT2D eigenvalue weighted by Crippen LogP contribution is -2.19. The van der Waals surface area contributed by atoms with Crippen molar-refractivity contribution in [2.24, 2.45) is 0 Å². The van der Waals surface area contributed by atoms with Crippen molar-refractivity contribution >= 4 is 40.0 Å². The molecule has 0 bridgehead atoms. The van der Waals surface area contributed by atoms with E-state index in [-0.39, 0.29) is 3.58 Å². The van der Waals surface area contributed by atoms with Gasteiger partial charge in [0.2, 0.25) is 0 Å².